The number of halogens is 1. The summed E-state index contributed by atoms with van der Waals surface area (Å²) in [7, 11) is 0. The second-order valence-electron chi connectivity index (χ2n) is 3.95. The summed E-state index contributed by atoms with van der Waals surface area (Å²) in [5.74, 6) is 5.81. The van der Waals surface area contributed by atoms with Gasteiger partial charge < -0.3 is 5.11 Å². The fraction of sp³-hybridized carbons (Fsp3) is 0.429. The highest BCUT2D eigenvalue weighted by Crippen LogP contribution is 2.27. The Kier molecular flexibility index (Phi) is 5.05. The standard InChI is InChI=1S/C14H17BrO/c1-4-5-6-7-13(16)12-8-10(2)14(15)11(3)9-12/h8-9,13,16H,6-7H2,1-3H3. The van der Waals surface area contributed by atoms with E-state index >= 15 is 0 Å². The summed E-state index contributed by atoms with van der Waals surface area (Å²) in [6.07, 6.45) is 1.03. The molecule has 1 aromatic rings. The molecule has 0 heterocycles. The van der Waals surface area contributed by atoms with Crippen molar-refractivity contribution in [3.8, 4) is 11.8 Å². The number of rotatable bonds is 3. The zero-order valence-electron chi connectivity index (χ0n) is 9.97. The van der Waals surface area contributed by atoms with Crippen molar-refractivity contribution in [1.82, 2.24) is 0 Å². The molecule has 1 atom stereocenters. The number of aryl methyl sites for hydroxylation is 2. The van der Waals surface area contributed by atoms with Crippen LogP contribution in [0, 0.1) is 25.7 Å². The molecule has 2 heteroatoms. The lowest BCUT2D eigenvalue weighted by atomic mass is 10.0. The summed E-state index contributed by atoms with van der Waals surface area (Å²) in [5, 5.41) is 10.0. The number of aliphatic hydroxyl groups is 1. The van der Waals surface area contributed by atoms with Gasteiger partial charge in [0.15, 0.2) is 0 Å². The van der Waals surface area contributed by atoms with Gasteiger partial charge in [0.1, 0.15) is 0 Å². The van der Waals surface area contributed by atoms with Crippen LogP contribution in [0.5, 0.6) is 0 Å². The van der Waals surface area contributed by atoms with Crippen LogP contribution in [0.3, 0.4) is 0 Å². The van der Waals surface area contributed by atoms with Gasteiger partial charge in [0.25, 0.3) is 0 Å². The molecule has 1 aromatic carbocycles. The molecule has 0 fully saturated rings. The number of benzene rings is 1. The molecule has 1 nitrogen and oxygen atoms in total. The van der Waals surface area contributed by atoms with Crippen LogP contribution in [-0.4, -0.2) is 5.11 Å². The van der Waals surface area contributed by atoms with Gasteiger partial charge in [-0.1, -0.05) is 28.1 Å². The van der Waals surface area contributed by atoms with Crippen LogP contribution in [-0.2, 0) is 0 Å². The van der Waals surface area contributed by atoms with Crippen LogP contribution in [0.2, 0.25) is 0 Å². The molecule has 0 aliphatic heterocycles. The second-order valence-corrected chi connectivity index (χ2v) is 4.74. The summed E-state index contributed by atoms with van der Waals surface area (Å²) < 4.78 is 1.12. The van der Waals surface area contributed by atoms with Gasteiger partial charge >= 0.3 is 0 Å². The van der Waals surface area contributed by atoms with Crippen molar-refractivity contribution in [1.29, 1.82) is 0 Å². The minimum absolute atomic E-state index is 0.411. The third-order valence-corrected chi connectivity index (χ3v) is 3.81. The lowest BCUT2D eigenvalue weighted by Crippen LogP contribution is -1.99. The van der Waals surface area contributed by atoms with E-state index in [1.54, 1.807) is 0 Å². The highest BCUT2D eigenvalue weighted by Gasteiger charge is 2.09. The molecule has 1 N–H and O–H groups in total. The maximum atomic E-state index is 10.0. The SMILES string of the molecule is CC#CCCC(O)c1cc(C)c(Br)c(C)c1. The Morgan fingerprint density at radius 1 is 1.31 bits per heavy atom. The summed E-state index contributed by atoms with van der Waals surface area (Å²) in [4.78, 5) is 0. The Balaban J connectivity index is 2.82. The molecule has 0 aliphatic rings. The molecule has 0 saturated carbocycles. The molecule has 0 saturated heterocycles. The third-order valence-electron chi connectivity index (χ3n) is 2.56. The van der Waals surface area contributed by atoms with Crippen LogP contribution >= 0.6 is 15.9 Å². The van der Waals surface area contributed by atoms with E-state index in [2.05, 4.69) is 27.8 Å². The average molecular weight is 281 g/mol. The molecule has 1 unspecified atom stereocenters. The average Bonchev–Trinajstić information content (AvgIpc) is 2.25. The largest absolute Gasteiger partial charge is 0.388 e. The number of aliphatic hydroxyl groups excluding tert-OH is 1. The maximum absolute atomic E-state index is 10.0. The van der Waals surface area contributed by atoms with E-state index in [1.165, 1.54) is 0 Å². The van der Waals surface area contributed by atoms with Gasteiger partial charge in [-0.25, -0.2) is 0 Å². The Morgan fingerprint density at radius 2 is 1.88 bits per heavy atom. The zero-order valence-corrected chi connectivity index (χ0v) is 11.6. The van der Waals surface area contributed by atoms with Crippen LogP contribution in [0.4, 0.5) is 0 Å². The molecule has 16 heavy (non-hydrogen) atoms. The van der Waals surface area contributed by atoms with Gasteiger partial charge in [0.2, 0.25) is 0 Å². The van der Waals surface area contributed by atoms with Crippen LogP contribution in [0.1, 0.15) is 42.6 Å². The first-order valence-corrected chi connectivity index (χ1v) is 6.20. The normalized spacial score (nSPS) is 11.8. The molecule has 86 valence electrons. The first kappa shape index (κ1) is 13.3. The van der Waals surface area contributed by atoms with Crippen LogP contribution in [0.25, 0.3) is 0 Å². The van der Waals surface area contributed by atoms with Gasteiger partial charge in [0, 0.05) is 10.9 Å². The topological polar surface area (TPSA) is 20.2 Å². The molecule has 0 spiro atoms. The smallest absolute Gasteiger partial charge is 0.0799 e. The van der Waals surface area contributed by atoms with Crippen molar-refractivity contribution in [3.63, 3.8) is 0 Å². The van der Waals surface area contributed by atoms with E-state index < -0.39 is 6.10 Å². The Labute approximate surface area is 106 Å². The minimum Gasteiger partial charge on any atom is -0.388 e. The molecule has 0 aromatic heterocycles. The van der Waals surface area contributed by atoms with Gasteiger partial charge in [-0.15, -0.1) is 11.8 Å². The van der Waals surface area contributed by atoms with E-state index in [-0.39, 0.29) is 0 Å². The van der Waals surface area contributed by atoms with Crippen LogP contribution < -0.4 is 0 Å². The monoisotopic (exact) mass is 280 g/mol. The molecule has 1 rings (SSSR count). The van der Waals surface area contributed by atoms with Crippen molar-refractivity contribution < 1.29 is 5.11 Å². The van der Waals surface area contributed by atoms with Gasteiger partial charge in [-0.2, -0.15) is 0 Å². The third kappa shape index (κ3) is 3.37. The molecule has 0 amide bonds. The molecule has 0 radical (unpaired) electrons. The van der Waals surface area contributed by atoms with E-state index in [0.717, 1.165) is 27.6 Å². The van der Waals surface area contributed by atoms with Gasteiger partial charge in [-0.05, 0) is 43.9 Å². The first-order chi connectivity index (χ1) is 7.56. The summed E-state index contributed by atoms with van der Waals surface area (Å²) in [6, 6.07) is 4.06. The van der Waals surface area contributed by atoms with Gasteiger partial charge in [0.05, 0.1) is 6.10 Å². The van der Waals surface area contributed by atoms with Crippen molar-refractivity contribution in [2.75, 3.05) is 0 Å². The first-order valence-electron chi connectivity index (χ1n) is 5.40. The molecular formula is C14H17BrO. The summed E-state index contributed by atoms with van der Waals surface area (Å²) in [6.45, 7) is 5.90. The zero-order chi connectivity index (χ0) is 12.1. The number of hydrogen-bond donors (Lipinski definition) is 1. The fourth-order valence-corrected chi connectivity index (χ4v) is 1.90. The van der Waals surface area contributed by atoms with Gasteiger partial charge in [-0.3, -0.25) is 0 Å². The van der Waals surface area contributed by atoms with E-state index in [9.17, 15) is 5.11 Å². The minimum atomic E-state index is -0.411. The Bertz CT molecular complexity index is 403. The van der Waals surface area contributed by atoms with E-state index in [4.69, 9.17) is 0 Å². The highest BCUT2D eigenvalue weighted by atomic mass is 79.9. The summed E-state index contributed by atoms with van der Waals surface area (Å²) >= 11 is 3.52. The maximum Gasteiger partial charge on any atom is 0.0799 e. The second kappa shape index (κ2) is 6.08. The van der Waals surface area contributed by atoms with E-state index in [0.29, 0.717) is 6.42 Å². The lowest BCUT2D eigenvalue weighted by molar-refractivity contribution is 0.169. The fourth-order valence-electron chi connectivity index (χ4n) is 1.67. The highest BCUT2D eigenvalue weighted by molar-refractivity contribution is 9.10. The van der Waals surface area contributed by atoms with Crippen molar-refractivity contribution in [2.45, 2.75) is 39.7 Å². The Hall–Kier alpha value is -0.780. The molecule has 0 bridgehead atoms. The van der Waals surface area contributed by atoms with Crippen molar-refractivity contribution in [2.24, 2.45) is 0 Å². The molecular weight excluding hydrogens is 264 g/mol. The number of hydrogen-bond acceptors (Lipinski definition) is 1. The van der Waals surface area contributed by atoms with Crippen molar-refractivity contribution >= 4 is 15.9 Å². The lowest BCUT2D eigenvalue weighted by Gasteiger charge is -2.13. The quantitative estimate of drug-likeness (QED) is 0.833. The van der Waals surface area contributed by atoms with E-state index in [1.807, 2.05) is 32.9 Å². The summed E-state index contributed by atoms with van der Waals surface area (Å²) in [5.41, 5.74) is 3.31. The molecule has 0 aliphatic carbocycles. The van der Waals surface area contributed by atoms with Crippen molar-refractivity contribution in [3.05, 3.63) is 33.3 Å². The Morgan fingerprint density at radius 3 is 2.38 bits per heavy atom. The predicted octanol–water partition coefficient (Wildman–Crippen LogP) is 3.90. The van der Waals surface area contributed by atoms with Crippen LogP contribution in [0.15, 0.2) is 16.6 Å². The predicted molar refractivity (Wildman–Crippen MR) is 71.3 cm³/mol.